The van der Waals surface area contributed by atoms with Gasteiger partial charge in [-0.2, -0.15) is 0 Å². The first-order valence-electron chi connectivity index (χ1n) is 5.73. The van der Waals surface area contributed by atoms with Crippen LogP contribution in [0.5, 0.6) is 0 Å². The van der Waals surface area contributed by atoms with Gasteiger partial charge in [-0.25, -0.2) is 0 Å². The molecular weight excluding hydrogens is 222 g/mol. The van der Waals surface area contributed by atoms with Crippen molar-refractivity contribution >= 4 is 11.6 Å². The summed E-state index contributed by atoms with van der Waals surface area (Å²) < 4.78 is 0. The molecule has 0 radical (unpaired) electrons. The van der Waals surface area contributed by atoms with Crippen molar-refractivity contribution in [1.82, 2.24) is 0 Å². The molecule has 0 fully saturated rings. The topological polar surface area (TPSA) is 46.2 Å². The molecule has 1 rings (SSSR count). The van der Waals surface area contributed by atoms with E-state index >= 15 is 0 Å². The van der Waals surface area contributed by atoms with Crippen LogP contribution in [0.25, 0.3) is 0 Å². The van der Waals surface area contributed by atoms with Gasteiger partial charge in [-0.05, 0) is 23.6 Å². The lowest BCUT2D eigenvalue weighted by Crippen LogP contribution is -2.30. The van der Waals surface area contributed by atoms with Crippen LogP contribution in [0.2, 0.25) is 5.02 Å². The highest BCUT2D eigenvalue weighted by molar-refractivity contribution is 6.30. The van der Waals surface area contributed by atoms with E-state index in [9.17, 15) is 5.11 Å². The Kier molecular flexibility index (Phi) is 5.26. The van der Waals surface area contributed by atoms with Gasteiger partial charge in [0.15, 0.2) is 0 Å². The zero-order valence-electron chi connectivity index (χ0n) is 9.86. The number of hydrogen-bond donors (Lipinski definition) is 2. The third-order valence-corrected chi connectivity index (χ3v) is 3.41. The summed E-state index contributed by atoms with van der Waals surface area (Å²) in [4.78, 5) is 0. The van der Waals surface area contributed by atoms with E-state index in [1.807, 2.05) is 31.2 Å². The molecule has 0 aliphatic rings. The molecule has 3 heteroatoms. The van der Waals surface area contributed by atoms with Gasteiger partial charge in [0.25, 0.3) is 0 Å². The highest BCUT2D eigenvalue weighted by Gasteiger charge is 2.24. The Bertz CT molecular complexity index is 329. The maximum Gasteiger partial charge on any atom is 0.0646 e. The quantitative estimate of drug-likeness (QED) is 0.833. The van der Waals surface area contributed by atoms with Gasteiger partial charge < -0.3 is 10.8 Å². The molecular formula is C13H20ClNO. The summed E-state index contributed by atoms with van der Waals surface area (Å²) in [5.74, 6) is 0.209. The summed E-state index contributed by atoms with van der Waals surface area (Å²) in [5, 5.41) is 10.9. The van der Waals surface area contributed by atoms with Crippen molar-refractivity contribution in [2.75, 3.05) is 6.54 Å². The lowest BCUT2D eigenvalue weighted by atomic mass is 9.85. The molecule has 0 saturated heterocycles. The molecule has 3 unspecified atom stereocenters. The van der Waals surface area contributed by atoms with E-state index in [1.165, 1.54) is 0 Å². The van der Waals surface area contributed by atoms with Gasteiger partial charge >= 0.3 is 0 Å². The molecule has 0 aliphatic carbocycles. The zero-order valence-corrected chi connectivity index (χ0v) is 10.6. The van der Waals surface area contributed by atoms with Crippen LogP contribution in [0, 0.1) is 5.92 Å². The fraction of sp³-hybridized carbons (Fsp3) is 0.538. The van der Waals surface area contributed by atoms with Crippen LogP contribution in [0.15, 0.2) is 24.3 Å². The minimum absolute atomic E-state index is 0.0337. The smallest absolute Gasteiger partial charge is 0.0646 e. The molecule has 1 aromatic rings. The van der Waals surface area contributed by atoms with Crippen molar-refractivity contribution in [2.24, 2.45) is 11.7 Å². The van der Waals surface area contributed by atoms with E-state index in [0.717, 1.165) is 12.0 Å². The Morgan fingerprint density at radius 3 is 2.62 bits per heavy atom. The van der Waals surface area contributed by atoms with Crippen molar-refractivity contribution in [3.05, 3.63) is 34.9 Å². The molecule has 2 nitrogen and oxygen atoms in total. The summed E-state index contributed by atoms with van der Waals surface area (Å²) in [6.45, 7) is 4.54. The molecule has 0 spiro atoms. The summed E-state index contributed by atoms with van der Waals surface area (Å²) in [7, 11) is 0. The molecule has 0 aromatic heterocycles. The van der Waals surface area contributed by atoms with Crippen molar-refractivity contribution in [2.45, 2.75) is 32.3 Å². The van der Waals surface area contributed by atoms with Gasteiger partial charge in [0, 0.05) is 17.5 Å². The number of aliphatic hydroxyl groups is 1. The van der Waals surface area contributed by atoms with Gasteiger partial charge in [-0.1, -0.05) is 44.0 Å². The van der Waals surface area contributed by atoms with E-state index in [2.05, 4.69) is 6.92 Å². The van der Waals surface area contributed by atoms with E-state index in [-0.39, 0.29) is 11.8 Å². The van der Waals surface area contributed by atoms with Gasteiger partial charge in [-0.15, -0.1) is 0 Å². The fourth-order valence-corrected chi connectivity index (χ4v) is 2.05. The Hall–Kier alpha value is -0.570. The molecule has 90 valence electrons. The average Bonchev–Trinajstić information content (AvgIpc) is 2.29. The predicted octanol–water partition coefficient (Wildman–Crippen LogP) is 2.79. The maximum absolute atomic E-state index is 10.2. The summed E-state index contributed by atoms with van der Waals surface area (Å²) in [5.41, 5.74) is 6.76. The van der Waals surface area contributed by atoms with E-state index < -0.39 is 6.10 Å². The molecule has 16 heavy (non-hydrogen) atoms. The molecule has 1 aromatic carbocycles. The molecule has 0 aliphatic heterocycles. The van der Waals surface area contributed by atoms with Gasteiger partial charge in [0.1, 0.15) is 0 Å². The number of nitrogens with two attached hydrogens (primary N) is 1. The standard InChI is InChI=1S/C13H20ClNO/c1-3-9(2)13(16)12(8-15)10-5-4-6-11(14)7-10/h4-7,9,12-13,16H,3,8,15H2,1-2H3. The Morgan fingerprint density at radius 2 is 2.12 bits per heavy atom. The minimum Gasteiger partial charge on any atom is -0.392 e. The Balaban J connectivity index is 2.89. The van der Waals surface area contributed by atoms with Crippen molar-refractivity contribution < 1.29 is 5.11 Å². The number of rotatable bonds is 5. The second-order valence-corrected chi connectivity index (χ2v) is 4.71. The predicted molar refractivity (Wildman–Crippen MR) is 68.7 cm³/mol. The minimum atomic E-state index is -0.409. The number of benzene rings is 1. The van der Waals surface area contributed by atoms with E-state index in [0.29, 0.717) is 11.6 Å². The number of hydrogen-bond acceptors (Lipinski definition) is 2. The largest absolute Gasteiger partial charge is 0.392 e. The zero-order chi connectivity index (χ0) is 12.1. The van der Waals surface area contributed by atoms with Crippen LogP contribution in [0.3, 0.4) is 0 Å². The van der Waals surface area contributed by atoms with E-state index in [4.69, 9.17) is 17.3 Å². The average molecular weight is 242 g/mol. The van der Waals surface area contributed by atoms with Gasteiger partial charge in [-0.3, -0.25) is 0 Å². The molecule has 0 saturated carbocycles. The lowest BCUT2D eigenvalue weighted by Gasteiger charge is -2.26. The van der Waals surface area contributed by atoms with E-state index in [1.54, 1.807) is 0 Å². The Labute approximate surface area is 102 Å². The molecule has 3 N–H and O–H groups in total. The monoisotopic (exact) mass is 241 g/mol. The second-order valence-electron chi connectivity index (χ2n) is 4.27. The number of halogens is 1. The van der Waals surface area contributed by atoms with Crippen LogP contribution in [0.1, 0.15) is 31.7 Å². The molecule has 3 atom stereocenters. The first-order chi connectivity index (χ1) is 7.60. The molecule has 0 heterocycles. The molecule has 0 bridgehead atoms. The lowest BCUT2D eigenvalue weighted by molar-refractivity contribution is 0.0886. The number of aliphatic hydroxyl groups excluding tert-OH is 1. The van der Waals surface area contributed by atoms with Crippen LogP contribution >= 0.6 is 11.6 Å². The highest BCUT2D eigenvalue weighted by atomic mass is 35.5. The SMILES string of the molecule is CCC(C)C(O)C(CN)c1cccc(Cl)c1. The van der Waals surface area contributed by atoms with Gasteiger partial charge in [0.05, 0.1) is 6.10 Å². The third-order valence-electron chi connectivity index (χ3n) is 3.17. The summed E-state index contributed by atoms with van der Waals surface area (Å²) in [6, 6.07) is 7.57. The van der Waals surface area contributed by atoms with Crippen LogP contribution in [-0.4, -0.2) is 17.8 Å². The normalized spacial score (nSPS) is 16.8. The van der Waals surface area contributed by atoms with Crippen LogP contribution in [-0.2, 0) is 0 Å². The fourth-order valence-electron chi connectivity index (χ4n) is 1.85. The molecule has 0 amide bonds. The van der Waals surface area contributed by atoms with Crippen molar-refractivity contribution in [3.8, 4) is 0 Å². The van der Waals surface area contributed by atoms with Gasteiger partial charge in [0.2, 0.25) is 0 Å². The van der Waals surface area contributed by atoms with Crippen LogP contribution in [0.4, 0.5) is 0 Å². The van der Waals surface area contributed by atoms with Crippen LogP contribution < -0.4 is 5.73 Å². The third kappa shape index (κ3) is 3.21. The first kappa shape index (κ1) is 13.5. The maximum atomic E-state index is 10.2. The summed E-state index contributed by atoms with van der Waals surface area (Å²) in [6.07, 6.45) is 0.534. The Morgan fingerprint density at radius 1 is 1.44 bits per heavy atom. The summed E-state index contributed by atoms with van der Waals surface area (Å²) >= 11 is 5.94. The second kappa shape index (κ2) is 6.24. The van der Waals surface area contributed by atoms with Crippen molar-refractivity contribution in [1.29, 1.82) is 0 Å². The van der Waals surface area contributed by atoms with Crippen molar-refractivity contribution in [3.63, 3.8) is 0 Å². The first-order valence-corrected chi connectivity index (χ1v) is 6.11. The highest BCUT2D eigenvalue weighted by Crippen LogP contribution is 2.26.